The van der Waals surface area contributed by atoms with Crippen LogP contribution in [0.2, 0.25) is 5.02 Å². The fourth-order valence-corrected chi connectivity index (χ4v) is 4.03. The van der Waals surface area contributed by atoms with Crippen LogP contribution in [0.4, 0.5) is 10.1 Å². The first-order valence-electron chi connectivity index (χ1n) is 9.79. The van der Waals surface area contributed by atoms with E-state index >= 15 is 0 Å². The first-order valence-corrected chi connectivity index (χ1v) is 10.2. The number of carbonyl (C=O) groups is 2. The van der Waals surface area contributed by atoms with Crippen molar-refractivity contribution in [1.82, 2.24) is 9.80 Å². The molecule has 7 heteroatoms. The van der Waals surface area contributed by atoms with Crippen LogP contribution in [0.5, 0.6) is 0 Å². The molecule has 0 saturated carbocycles. The lowest BCUT2D eigenvalue weighted by Gasteiger charge is -2.33. The molecule has 0 radical (unpaired) electrons. The molecule has 0 unspecified atom stereocenters. The summed E-state index contributed by atoms with van der Waals surface area (Å²) in [7, 11) is 0. The molecule has 2 aliphatic rings. The van der Waals surface area contributed by atoms with E-state index in [0.717, 1.165) is 38.8 Å². The number of carbonyl (C=O) groups excluding carboxylic acids is 2. The van der Waals surface area contributed by atoms with Gasteiger partial charge in [-0.2, -0.15) is 0 Å². The molecule has 0 aromatic heterocycles. The van der Waals surface area contributed by atoms with Crippen LogP contribution in [-0.4, -0.2) is 54.3 Å². The van der Waals surface area contributed by atoms with Crippen LogP contribution in [0.1, 0.15) is 38.5 Å². The highest BCUT2D eigenvalue weighted by Gasteiger charge is 2.29. The Hall–Kier alpha value is -1.66. The van der Waals surface area contributed by atoms with Gasteiger partial charge in [-0.25, -0.2) is 4.39 Å². The lowest BCUT2D eigenvalue weighted by Crippen LogP contribution is -2.44. The number of benzene rings is 1. The fourth-order valence-electron chi connectivity index (χ4n) is 3.87. The molecule has 27 heavy (non-hydrogen) atoms. The second-order valence-corrected chi connectivity index (χ2v) is 7.90. The molecule has 1 aromatic carbocycles. The maximum atomic E-state index is 13.8. The van der Waals surface area contributed by atoms with Gasteiger partial charge in [0.25, 0.3) is 0 Å². The van der Waals surface area contributed by atoms with Gasteiger partial charge in [0.1, 0.15) is 5.82 Å². The van der Waals surface area contributed by atoms with E-state index < -0.39 is 5.82 Å². The Morgan fingerprint density at radius 2 is 1.74 bits per heavy atom. The Labute approximate surface area is 164 Å². The zero-order valence-electron chi connectivity index (χ0n) is 15.6. The summed E-state index contributed by atoms with van der Waals surface area (Å²) in [6.45, 7) is 3.39. The second-order valence-electron chi connectivity index (χ2n) is 7.46. The van der Waals surface area contributed by atoms with Crippen molar-refractivity contribution < 1.29 is 14.0 Å². The minimum Gasteiger partial charge on any atom is -0.342 e. The Balaban J connectivity index is 1.44. The standard InChI is InChI=1S/C20H27ClFN3O2/c21-16-5-6-18(17(22)13-16)23-19(26)14-24-11-7-15(8-12-24)20(27)25-9-3-1-2-4-10-25/h5-6,13,15H,1-4,7-12,14H2,(H,23,26). The summed E-state index contributed by atoms with van der Waals surface area (Å²) in [5, 5.41) is 2.88. The van der Waals surface area contributed by atoms with Crippen molar-refractivity contribution in [3.05, 3.63) is 29.0 Å². The van der Waals surface area contributed by atoms with E-state index in [-0.39, 0.29) is 30.0 Å². The van der Waals surface area contributed by atoms with E-state index in [1.54, 1.807) is 6.07 Å². The van der Waals surface area contributed by atoms with Gasteiger partial charge in [-0.3, -0.25) is 14.5 Å². The third kappa shape index (κ3) is 5.66. The summed E-state index contributed by atoms with van der Waals surface area (Å²) in [5.74, 6) is -0.452. The Morgan fingerprint density at radius 1 is 1.07 bits per heavy atom. The van der Waals surface area contributed by atoms with Gasteiger partial charge in [-0.1, -0.05) is 24.4 Å². The van der Waals surface area contributed by atoms with Crippen molar-refractivity contribution in [3.63, 3.8) is 0 Å². The third-order valence-electron chi connectivity index (χ3n) is 5.43. The Morgan fingerprint density at radius 3 is 2.37 bits per heavy atom. The quantitative estimate of drug-likeness (QED) is 0.848. The number of anilines is 1. The molecule has 1 N–H and O–H groups in total. The minimum atomic E-state index is -0.544. The van der Waals surface area contributed by atoms with Crippen LogP contribution < -0.4 is 5.32 Å². The average molecular weight is 396 g/mol. The highest BCUT2D eigenvalue weighted by atomic mass is 35.5. The number of nitrogens with one attached hydrogen (secondary N) is 1. The molecule has 2 fully saturated rings. The Kier molecular flexibility index (Phi) is 7.07. The van der Waals surface area contributed by atoms with Gasteiger partial charge >= 0.3 is 0 Å². The van der Waals surface area contributed by atoms with Gasteiger partial charge in [-0.15, -0.1) is 0 Å². The third-order valence-corrected chi connectivity index (χ3v) is 5.66. The maximum Gasteiger partial charge on any atom is 0.238 e. The minimum absolute atomic E-state index is 0.0659. The van der Waals surface area contributed by atoms with Crippen molar-refractivity contribution in [3.8, 4) is 0 Å². The largest absolute Gasteiger partial charge is 0.342 e. The van der Waals surface area contributed by atoms with Crippen LogP contribution in [0, 0.1) is 11.7 Å². The fraction of sp³-hybridized carbons (Fsp3) is 0.600. The second kappa shape index (κ2) is 9.51. The maximum absolute atomic E-state index is 13.8. The summed E-state index contributed by atoms with van der Waals surface area (Å²) in [6, 6.07) is 4.18. The molecule has 0 aliphatic carbocycles. The molecular formula is C20H27ClFN3O2. The zero-order valence-corrected chi connectivity index (χ0v) is 16.3. The molecule has 2 saturated heterocycles. The van der Waals surface area contributed by atoms with Gasteiger partial charge in [0, 0.05) is 24.0 Å². The van der Waals surface area contributed by atoms with Gasteiger partial charge < -0.3 is 10.2 Å². The smallest absolute Gasteiger partial charge is 0.238 e. The summed E-state index contributed by atoms with van der Waals surface area (Å²) in [6.07, 6.45) is 6.19. The molecule has 3 rings (SSSR count). The highest BCUT2D eigenvalue weighted by molar-refractivity contribution is 6.30. The van der Waals surface area contributed by atoms with E-state index in [2.05, 4.69) is 5.32 Å². The van der Waals surface area contributed by atoms with Crippen LogP contribution >= 0.6 is 11.6 Å². The van der Waals surface area contributed by atoms with Crippen molar-refractivity contribution in [2.24, 2.45) is 5.92 Å². The van der Waals surface area contributed by atoms with Crippen molar-refractivity contribution in [2.45, 2.75) is 38.5 Å². The lowest BCUT2D eigenvalue weighted by molar-refractivity contribution is -0.137. The predicted octanol–water partition coefficient (Wildman–Crippen LogP) is 3.53. The van der Waals surface area contributed by atoms with Crippen LogP contribution in [0.25, 0.3) is 0 Å². The number of hydrogen-bond donors (Lipinski definition) is 1. The molecule has 5 nitrogen and oxygen atoms in total. The monoisotopic (exact) mass is 395 g/mol. The summed E-state index contributed by atoms with van der Waals surface area (Å²) in [4.78, 5) is 29.0. The normalized spacial score (nSPS) is 19.6. The van der Waals surface area contributed by atoms with Crippen molar-refractivity contribution in [2.75, 3.05) is 38.0 Å². The summed E-state index contributed by atoms with van der Waals surface area (Å²) < 4.78 is 13.8. The number of nitrogens with zero attached hydrogens (tertiary/aromatic N) is 2. The summed E-state index contributed by atoms with van der Waals surface area (Å²) >= 11 is 5.72. The van der Waals surface area contributed by atoms with E-state index in [9.17, 15) is 14.0 Å². The van der Waals surface area contributed by atoms with E-state index in [1.807, 2.05) is 9.80 Å². The molecule has 2 aliphatic heterocycles. The highest BCUT2D eigenvalue weighted by Crippen LogP contribution is 2.22. The number of amides is 2. The molecule has 0 bridgehead atoms. The molecule has 0 spiro atoms. The first-order chi connectivity index (χ1) is 13.0. The molecule has 2 amide bonds. The molecule has 148 valence electrons. The Bertz CT molecular complexity index is 669. The van der Waals surface area contributed by atoms with Crippen LogP contribution in [0.3, 0.4) is 0 Å². The van der Waals surface area contributed by atoms with E-state index in [0.29, 0.717) is 18.1 Å². The number of halogens is 2. The van der Waals surface area contributed by atoms with Gasteiger partial charge in [-0.05, 0) is 57.0 Å². The van der Waals surface area contributed by atoms with Gasteiger partial charge in [0.05, 0.1) is 12.2 Å². The van der Waals surface area contributed by atoms with Gasteiger partial charge in [0.15, 0.2) is 0 Å². The first kappa shape index (κ1) is 20.1. The predicted molar refractivity (Wildman–Crippen MR) is 104 cm³/mol. The number of rotatable bonds is 4. The van der Waals surface area contributed by atoms with Crippen LogP contribution in [0.15, 0.2) is 18.2 Å². The molecule has 0 atom stereocenters. The average Bonchev–Trinajstić information content (AvgIpc) is 2.93. The number of likely N-dealkylation sites (tertiary alicyclic amines) is 2. The molecule has 2 heterocycles. The van der Waals surface area contributed by atoms with Gasteiger partial charge in [0.2, 0.25) is 11.8 Å². The molecule has 1 aromatic rings. The van der Waals surface area contributed by atoms with Crippen LogP contribution in [-0.2, 0) is 9.59 Å². The molecular weight excluding hydrogens is 369 g/mol. The van der Waals surface area contributed by atoms with Crippen molar-refractivity contribution in [1.29, 1.82) is 0 Å². The summed E-state index contributed by atoms with van der Waals surface area (Å²) in [5.41, 5.74) is 0.135. The number of piperidine rings is 1. The topological polar surface area (TPSA) is 52.7 Å². The zero-order chi connectivity index (χ0) is 19.2. The van der Waals surface area contributed by atoms with E-state index in [1.165, 1.54) is 25.0 Å². The van der Waals surface area contributed by atoms with E-state index in [4.69, 9.17) is 11.6 Å². The lowest BCUT2D eigenvalue weighted by atomic mass is 9.95. The van der Waals surface area contributed by atoms with Crippen molar-refractivity contribution >= 4 is 29.1 Å². The SMILES string of the molecule is O=C(CN1CCC(C(=O)N2CCCCCC2)CC1)Nc1ccc(Cl)cc1F. The number of hydrogen-bond acceptors (Lipinski definition) is 3.